The quantitative estimate of drug-likeness (QED) is 0.121. The first-order valence-corrected chi connectivity index (χ1v) is 18.1. The van der Waals surface area contributed by atoms with Crippen LogP contribution in [0.1, 0.15) is 74.4 Å². The van der Waals surface area contributed by atoms with E-state index in [-0.39, 0.29) is 12.1 Å². The molecule has 2 saturated heterocycles. The molecule has 0 saturated carbocycles. The topological polar surface area (TPSA) is 209 Å². The van der Waals surface area contributed by atoms with Gasteiger partial charge in [0.05, 0.1) is 35.9 Å². The number of hydrogen-bond acceptors (Lipinski definition) is 12. The van der Waals surface area contributed by atoms with E-state index in [0.717, 1.165) is 69.3 Å². The third kappa shape index (κ3) is 7.50. The highest BCUT2D eigenvalue weighted by Crippen LogP contribution is 2.38. The number of carbonyl (C=O) groups excluding carboxylic acids is 4. The number of hydrogen-bond donors (Lipinski definition) is 4. The Morgan fingerprint density at radius 3 is 1.61 bits per heavy atom. The van der Waals surface area contributed by atoms with Gasteiger partial charge in [0.15, 0.2) is 0 Å². The molecule has 0 aliphatic carbocycles. The molecule has 54 heavy (non-hydrogen) atoms. The molecular weight excluding hydrogens is 692 g/mol. The molecule has 2 aliphatic heterocycles. The number of aromatic amines is 2. The van der Waals surface area contributed by atoms with E-state index in [4.69, 9.17) is 25.9 Å². The van der Waals surface area contributed by atoms with Gasteiger partial charge in [-0.25, -0.2) is 49.2 Å². The number of imidazole rings is 2. The maximum Gasteiger partial charge on any atom is 0.412 e. The SMILES string of the molecule is CC[C@@H](C(=O)OC(N)=O)N1[C@H](c2ncc(-c3ccc(-c4ccc(-c5cnc([C@@H]6CCN(C)N6[C@@H](CC)C(=O)OC(N)=O)[nH]5)c(C)c4C)cc3)[nH]2)CCN1C. The minimum atomic E-state index is -1.12. The van der Waals surface area contributed by atoms with Gasteiger partial charge in [0, 0.05) is 32.7 Å². The number of ether oxygens (including phenoxy) is 2. The van der Waals surface area contributed by atoms with Crippen LogP contribution < -0.4 is 11.5 Å². The molecule has 0 radical (unpaired) electrons. The fraction of sp³-hybridized carbons (Fsp3) is 0.421. The summed E-state index contributed by atoms with van der Waals surface area (Å²) in [6.07, 6.45) is 3.72. The Hall–Kier alpha value is -5.42. The van der Waals surface area contributed by atoms with Crippen LogP contribution in [0.3, 0.4) is 0 Å². The number of amides is 2. The van der Waals surface area contributed by atoms with E-state index in [1.54, 1.807) is 6.20 Å². The van der Waals surface area contributed by atoms with Crippen molar-refractivity contribution in [2.75, 3.05) is 27.2 Å². The highest BCUT2D eigenvalue weighted by atomic mass is 16.6. The maximum atomic E-state index is 12.7. The number of primary amides is 2. The number of carbonyl (C=O) groups is 4. The first-order valence-electron chi connectivity index (χ1n) is 18.1. The summed E-state index contributed by atoms with van der Waals surface area (Å²) in [5.74, 6) is 0.0775. The van der Waals surface area contributed by atoms with Crippen LogP contribution in [0.4, 0.5) is 9.59 Å². The Balaban J connectivity index is 1.19. The maximum absolute atomic E-state index is 12.7. The van der Waals surface area contributed by atoms with Gasteiger partial charge >= 0.3 is 24.1 Å². The second-order valence-electron chi connectivity index (χ2n) is 13.8. The van der Waals surface area contributed by atoms with Crippen molar-refractivity contribution < 1.29 is 28.7 Å². The number of nitrogens with one attached hydrogen (secondary N) is 2. The smallest absolute Gasteiger partial charge is 0.375 e. The number of H-pyrrole nitrogens is 2. The summed E-state index contributed by atoms with van der Waals surface area (Å²) in [5, 5.41) is 7.74. The minimum Gasteiger partial charge on any atom is -0.375 e. The van der Waals surface area contributed by atoms with Crippen LogP contribution in [0.5, 0.6) is 0 Å². The average Bonchev–Trinajstić information content (AvgIpc) is 3.95. The molecule has 286 valence electrons. The van der Waals surface area contributed by atoms with Gasteiger partial charge in [-0.1, -0.05) is 50.2 Å². The van der Waals surface area contributed by atoms with Crippen LogP contribution in [0.25, 0.3) is 33.6 Å². The predicted octanol–water partition coefficient (Wildman–Crippen LogP) is 4.74. The van der Waals surface area contributed by atoms with Crippen LogP contribution in [0.2, 0.25) is 0 Å². The second kappa shape index (κ2) is 15.9. The van der Waals surface area contributed by atoms with Gasteiger partial charge in [-0.15, -0.1) is 0 Å². The monoisotopic (exact) mass is 740 g/mol. The van der Waals surface area contributed by atoms with Crippen molar-refractivity contribution in [3.05, 3.63) is 71.6 Å². The van der Waals surface area contributed by atoms with Crippen molar-refractivity contribution >= 4 is 24.1 Å². The molecule has 4 atom stereocenters. The number of aromatic nitrogens is 4. The zero-order chi connectivity index (χ0) is 38.8. The van der Waals surface area contributed by atoms with Crippen molar-refractivity contribution in [2.24, 2.45) is 11.5 Å². The van der Waals surface area contributed by atoms with E-state index in [1.165, 1.54) is 0 Å². The molecule has 2 aromatic heterocycles. The average molecular weight is 741 g/mol. The Labute approximate surface area is 313 Å². The first kappa shape index (κ1) is 38.3. The molecule has 0 spiro atoms. The fourth-order valence-electron chi connectivity index (χ4n) is 7.83. The van der Waals surface area contributed by atoms with Gasteiger partial charge in [0.25, 0.3) is 0 Å². The van der Waals surface area contributed by atoms with E-state index < -0.39 is 36.2 Å². The lowest BCUT2D eigenvalue weighted by molar-refractivity contribution is -0.152. The largest absolute Gasteiger partial charge is 0.412 e. The van der Waals surface area contributed by atoms with Crippen molar-refractivity contribution in [2.45, 2.75) is 77.5 Å². The van der Waals surface area contributed by atoms with E-state index in [9.17, 15) is 19.2 Å². The van der Waals surface area contributed by atoms with Gasteiger partial charge in [0.1, 0.15) is 23.7 Å². The van der Waals surface area contributed by atoms with Gasteiger partial charge < -0.3 is 30.9 Å². The molecular formula is C38H48N10O6. The van der Waals surface area contributed by atoms with Gasteiger partial charge in [-0.05, 0) is 67.3 Å². The summed E-state index contributed by atoms with van der Waals surface area (Å²) in [7, 11) is 3.80. The van der Waals surface area contributed by atoms with E-state index >= 15 is 0 Å². The van der Waals surface area contributed by atoms with Gasteiger partial charge in [-0.3, -0.25) is 0 Å². The number of esters is 2. The molecule has 4 aromatic rings. The molecule has 6 N–H and O–H groups in total. The predicted molar refractivity (Wildman–Crippen MR) is 200 cm³/mol. The molecule has 2 aliphatic rings. The first-order chi connectivity index (χ1) is 25.8. The van der Waals surface area contributed by atoms with E-state index in [0.29, 0.717) is 25.9 Å². The van der Waals surface area contributed by atoms with Crippen molar-refractivity contribution in [1.29, 1.82) is 0 Å². The lowest BCUT2D eigenvalue weighted by Crippen LogP contribution is -2.48. The second-order valence-corrected chi connectivity index (χ2v) is 13.8. The van der Waals surface area contributed by atoms with E-state index in [2.05, 4.69) is 65.2 Å². The summed E-state index contributed by atoms with van der Waals surface area (Å²) >= 11 is 0. The minimum absolute atomic E-state index is 0.206. The van der Waals surface area contributed by atoms with Crippen molar-refractivity contribution in [3.8, 4) is 33.6 Å². The molecule has 0 unspecified atom stereocenters. The van der Waals surface area contributed by atoms with Crippen LogP contribution in [0.15, 0.2) is 48.8 Å². The Morgan fingerprint density at radius 1 is 0.704 bits per heavy atom. The zero-order valence-electron chi connectivity index (χ0n) is 31.5. The lowest BCUT2D eigenvalue weighted by atomic mass is 9.92. The van der Waals surface area contributed by atoms with Gasteiger partial charge in [0.2, 0.25) is 0 Å². The molecule has 16 heteroatoms. The van der Waals surface area contributed by atoms with Gasteiger partial charge in [-0.2, -0.15) is 0 Å². The molecule has 0 bridgehead atoms. The van der Waals surface area contributed by atoms with Crippen molar-refractivity contribution in [3.63, 3.8) is 0 Å². The zero-order valence-corrected chi connectivity index (χ0v) is 31.5. The Kier molecular flexibility index (Phi) is 11.3. The summed E-state index contributed by atoms with van der Waals surface area (Å²) in [4.78, 5) is 64.4. The highest BCUT2D eigenvalue weighted by molar-refractivity contribution is 5.87. The standard InChI is InChI=1S/C38H48N10O6/c1-7-29(35(49)53-37(39)51)47-31(15-17-45(47)5)33-41-19-27(43-33)24-11-9-23(10-12-24)25-13-14-26(22(4)21(25)3)28-20-42-34(44-28)32-16-18-46(6)48(32)30(8-2)36(50)54-38(40)52/h9-14,19-20,29-32H,7-8,15-18H2,1-6H3,(H2,39,51)(H2,40,52)(H,41,43)(H,42,44)/t29-,30-,31-,32-/m0/s1. The van der Waals surface area contributed by atoms with Crippen LogP contribution in [-0.4, -0.2) is 103 Å². The number of benzene rings is 2. The molecule has 4 heterocycles. The number of nitrogens with zero attached hydrogens (tertiary/aromatic N) is 6. The third-order valence-corrected chi connectivity index (χ3v) is 10.6. The summed E-state index contributed by atoms with van der Waals surface area (Å²) in [5.41, 5.74) is 18.4. The fourth-order valence-corrected chi connectivity index (χ4v) is 7.83. The van der Waals surface area contributed by atoms with E-state index in [1.807, 2.05) is 54.2 Å². The number of rotatable bonds is 11. The lowest BCUT2D eigenvalue weighted by Gasteiger charge is -2.34. The van der Waals surface area contributed by atoms with Crippen LogP contribution >= 0.6 is 0 Å². The Morgan fingerprint density at radius 2 is 1.13 bits per heavy atom. The molecule has 2 amide bonds. The number of nitrogens with two attached hydrogens (primary N) is 2. The molecule has 2 fully saturated rings. The Bertz CT molecular complexity index is 2030. The third-order valence-electron chi connectivity index (χ3n) is 10.6. The number of hydrazine groups is 2. The summed E-state index contributed by atoms with van der Waals surface area (Å²) in [6, 6.07) is 10.7. The molecule has 16 nitrogen and oxygen atoms in total. The molecule has 2 aromatic carbocycles. The molecule has 6 rings (SSSR count). The van der Waals surface area contributed by atoms with Crippen molar-refractivity contribution in [1.82, 2.24) is 40.0 Å². The normalized spacial score (nSPS) is 19.5. The summed E-state index contributed by atoms with van der Waals surface area (Å²) < 4.78 is 9.49. The summed E-state index contributed by atoms with van der Waals surface area (Å²) in [6.45, 7) is 9.35. The van der Waals surface area contributed by atoms with Crippen LogP contribution in [0, 0.1) is 13.8 Å². The highest BCUT2D eigenvalue weighted by Gasteiger charge is 2.42. The van der Waals surface area contributed by atoms with Crippen LogP contribution in [-0.2, 0) is 19.1 Å².